The highest BCUT2D eigenvalue weighted by Gasteiger charge is 2.19. The van der Waals surface area contributed by atoms with Gasteiger partial charge in [-0.1, -0.05) is 54.9 Å². The van der Waals surface area contributed by atoms with Gasteiger partial charge in [0.25, 0.3) is 5.91 Å². The number of carbonyl (C=O) groups is 2. The first kappa shape index (κ1) is 21.5. The van der Waals surface area contributed by atoms with Gasteiger partial charge < -0.3 is 10.8 Å². The minimum atomic E-state index is -0.865. The Balaban J connectivity index is 1.96. The van der Waals surface area contributed by atoms with Crippen LogP contribution >= 0.6 is 11.6 Å². The van der Waals surface area contributed by atoms with Crippen molar-refractivity contribution in [1.82, 2.24) is 9.97 Å². The summed E-state index contributed by atoms with van der Waals surface area (Å²) >= 11 is 6.46. The molecule has 0 aliphatic heterocycles. The molecular weight excluding hydrogens is 402 g/mol. The van der Waals surface area contributed by atoms with Crippen molar-refractivity contribution in [2.45, 2.75) is 33.1 Å². The largest absolute Gasteiger partial charge is 0.481 e. The van der Waals surface area contributed by atoms with Gasteiger partial charge in [0.1, 0.15) is 5.69 Å². The zero-order valence-corrected chi connectivity index (χ0v) is 17.7. The van der Waals surface area contributed by atoms with Crippen LogP contribution < -0.4 is 5.73 Å². The number of hydrogen-bond donors (Lipinski definition) is 2. The van der Waals surface area contributed by atoms with Crippen LogP contribution in [0.25, 0.3) is 22.4 Å². The fourth-order valence-corrected chi connectivity index (χ4v) is 3.78. The van der Waals surface area contributed by atoms with Gasteiger partial charge in [-0.2, -0.15) is 0 Å². The van der Waals surface area contributed by atoms with E-state index in [-0.39, 0.29) is 5.69 Å². The highest BCUT2D eigenvalue weighted by molar-refractivity contribution is 6.33. The quantitative estimate of drug-likeness (QED) is 0.594. The molecule has 3 rings (SSSR count). The van der Waals surface area contributed by atoms with E-state index in [0.717, 1.165) is 16.7 Å². The van der Waals surface area contributed by atoms with Crippen LogP contribution in [-0.4, -0.2) is 27.0 Å². The van der Waals surface area contributed by atoms with Crippen molar-refractivity contribution in [3.05, 3.63) is 70.1 Å². The number of aliphatic carboxylic acids is 1. The number of nitrogens with zero attached hydrogens (tertiary/aromatic N) is 2. The second-order valence-corrected chi connectivity index (χ2v) is 7.48. The Morgan fingerprint density at radius 2 is 1.67 bits per heavy atom. The van der Waals surface area contributed by atoms with E-state index >= 15 is 0 Å². The van der Waals surface area contributed by atoms with Crippen LogP contribution in [0, 0.1) is 13.8 Å². The summed E-state index contributed by atoms with van der Waals surface area (Å²) in [5.74, 6) is -2.06. The highest BCUT2D eigenvalue weighted by atomic mass is 35.5. The number of aryl methyl sites for hydroxylation is 2. The minimum Gasteiger partial charge on any atom is -0.481 e. The maximum atomic E-state index is 11.6. The number of rotatable bonds is 6. The molecule has 1 unspecified atom stereocenters. The van der Waals surface area contributed by atoms with Gasteiger partial charge in [0.15, 0.2) is 0 Å². The van der Waals surface area contributed by atoms with Crippen molar-refractivity contribution in [1.29, 1.82) is 0 Å². The molecule has 3 N–H and O–H groups in total. The molecule has 0 aliphatic carbocycles. The lowest BCUT2D eigenvalue weighted by molar-refractivity contribution is -0.138. The van der Waals surface area contributed by atoms with Crippen LogP contribution in [0.2, 0.25) is 5.02 Å². The Morgan fingerprint density at radius 1 is 1.03 bits per heavy atom. The first-order valence-electron chi connectivity index (χ1n) is 9.51. The number of amides is 1. The number of nitrogens with two attached hydrogens (primary N) is 1. The van der Waals surface area contributed by atoms with Crippen LogP contribution in [0.3, 0.4) is 0 Å². The second-order valence-electron chi connectivity index (χ2n) is 7.07. The molecule has 7 heteroatoms. The minimum absolute atomic E-state index is 0.155. The fraction of sp³-hybridized carbons (Fsp3) is 0.217. The Bertz CT molecular complexity index is 1130. The van der Waals surface area contributed by atoms with E-state index in [0.29, 0.717) is 34.1 Å². The topological polar surface area (TPSA) is 106 Å². The number of aromatic nitrogens is 2. The molecule has 0 fully saturated rings. The number of benzene rings is 2. The zero-order chi connectivity index (χ0) is 22.0. The summed E-state index contributed by atoms with van der Waals surface area (Å²) in [6.07, 6.45) is 0.490. The second kappa shape index (κ2) is 8.63. The third-order valence-electron chi connectivity index (χ3n) is 5.05. The maximum absolute atomic E-state index is 11.6. The fourth-order valence-electron chi connectivity index (χ4n) is 3.48. The molecule has 0 saturated heterocycles. The third kappa shape index (κ3) is 4.19. The van der Waals surface area contributed by atoms with Crippen LogP contribution in [0.1, 0.15) is 46.7 Å². The summed E-state index contributed by atoms with van der Waals surface area (Å²) < 4.78 is 0. The van der Waals surface area contributed by atoms with Crippen molar-refractivity contribution < 1.29 is 14.7 Å². The van der Waals surface area contributed by atoms with Crippen LogP contribution in [0.4, 0.5) is 0 Å². The van der Waals surface area contributed by atoms with Crippen LogP contribution in [0.5, 0.6) is 0 Å². The molecule has 1 heterocycles. The van der Waals surface area contributed by atoms with E-state index in [1.54, 1.807) is 19.1 Å². The normalized spacial score (nSPS) is 11.9. The van der Waals surface area contributed by atoms with Crippen molar-refractivity contribution in [3.63, 3.8) is 0 Å². The van der Waals surface area contributed by atoms with Crippen molar-refractivity contribution in [2.75, 3.05) is 0 Å². The molecule has 0 radical (unpaired) electrons. The Kier molecular flexibility index (Phi) is 6.17. The Labute approximate surface area is 179 Å². The molecule has 0 aliphatic rings. The molecule has 0 saturated carbocycles. The lowest BCUT2D eigenvalue weighted by atomic mass is 9.94. The third-order valence-corrected chi connectivity index (χ3v) is 5.36. The van der Waals surface area contributed by atoms with Gasteiger partial charge in [-0.05, 0) is 37.5 Å². The van der Waals surface area contributed by atoms with Crippen molar-refractivity contribution in [2.24, 2.45) is 5.73 Å². The summed E-state index contributed by atoms with van der Waals surface area (Å²) in [6.45, 7) is 5.36. The standard InChI is InChI=1S/C23H22ClN3O3/c1-4-17(23(29)30)16-9-10-18(19(24)11-16)14-5-7-15(8-6-14)20-12(2)26-13(3)21(27-20)22(25)28/h5-11,17H,4H2,1-3H3,(H2,25,28)(H,29,30). The summed E-state index contributed by atoms with van der Waals surface area (Å²) in [5, 5.41) is 9.84. The maximum Gasteiger partial charge on any atom is 0.310 e. The molecule has 1 atom stereocenters. The lowest BCUT2D eigenvalue weighted by Gasteiger charge is -2.13. The average molecular weight is 424 g/mol. The molecule has 1 aromatic heterocycles. The van der Waals surface area contributed by atoms with Crippen LogP contribution in [-0.2, 0) is 4.79 Å². The summed E-state index contributed by atoms with van der Waals surface area (Å²) in [6, 6.07) is 12.9. The van der Waals surface area contributed by atoms with Crippen LogP contribution in [0.15, 0.2) is 42.5 Å². The highest BCUT2D eigenvalue weighted by Crippen LogP contribution is 2.33. The molecule has 6 nitrogen and oxygen atoms in total. The van der Waals surface area contributed by atoms with E-state index in [1.165, 1.54) is 0 Å². The Morgan fingerprint density at radius 3 is 2.20 bits per heavy atom. The van der Waals surface area contributed by atoms with Crippen molar-refractivity contribution >= 4 is 23.5 Å². The molecule has 30 heavy (non-hydrogen) atoms. The summed E-state index contributed by atoms with van der Waals surface area (Å²) in [7, 11) is 0. The molecular formula is C23H22ClN3O3. The molecule has 0 spiro atoms. The van der Waals surface area contributed by atoms with E-state index in [4.69, 9.17) is 17.3 Å². The first-order chi connectivity index (χ1) is 14.2. The zero-order valence-electron chi connectivity index (χ0n) is 16.9. The predicted octanol–water partition coefficient (Wildman–Crippen LogP) is 4.76. The number of halogens is 1. The van der Waals surface area contributed by atoms with Crippen molar-refractivity contribution in [3.8, 4) is 22.4 Å². The van der Waals surface area contributed by atoms with E-state index in [2.05, 4.69) is 9.97 Å². The number of primary amides is 1. The lowest BCUT2D eigenvalue weighted by Crippen LogP contribution is -2.17. The van der Waals surface area contributed by atoms with Gasteiger partial charge in [-0.15, -0.1) is 0 Å². The predicted molar refractivity (Wildman–Crippen MR) is 117 cm³/mol. The molecule has 154 valence electrons. The molecule has 2 aromatic carbocycles. The van der Waals surface area contributed by atoms with E-state index in [1.807, 2.05) is 44.2 Å². The SMILES string of the molecule is CCC(C(=O)O)c1ccc(-c2ccc(-c3nc(C(N)=O)c(C)nc3C)cc2)c(Cl)c1. The monoisotopic (exact) mass is 423 g/mol. The molecule has 1 amide bonds. The van der Waals surface area contributed by atoms with Gasteiger partial charge in [0.05, 0.1) is 23.0 Å². The van der Waals surface area contributed by atoms with E-state index in [9.17, 15) is 14.7 Å². The van der Waals surface area contributed by atoms with Gasteiger partial charge in [0.2, 0.25) is 0 Å². The number of carbonyl (C=O) groups excluding carboxylic acids is 1. The summed E-state index contributed by atoms with van der Waals surface area (Å²) in [5.41, 5.74) is 10.5. The first-order valence-corrected chi connectivity index (χ1v) is 9.88. The van der Waals surface area contributed by atoms with Gasteiger partial charge in [0, 0.05) is 16.1 Å². The molecule has 0 bridgehead atoms. The average Bonchev–Trinajstić information content (AvgIpc) is 2.68. The number of carboxylic acids is 1. The molecule has 3 aromatic rings. The summed E-state index contributed by atoms with van der Waals surface area (Å²) in [4.78, 5) is 31.8. The smallest absolute Gasteiger partial charge is 0.310 e. The Hall–Kier alpha value is -3.25. The van der Waals surface area contributed by atoms with Gasteiger partial charge in [-0.3, -0.25) is 14.6 Å². The van der Waals surface area contributed by atoms with E-state index < -0.39 is 17.8 Å². The number of carboxylic acid groups (broad SMARTS) is 1. The van der Waals surface area contributed by atoms with Gasteiger partial charge >= 0.3 is 5.97 Å². The van der Waals surface area contributed by atoms with Gasteiger partial charge in [-0.25, -0.2) is 4.98 Å². The number of hydrogen-bond acceptors (Lipinski definition) is 4.